The lowest BCUT2D eigenvalue weighted by Gasteiger charge is -2.24. The molecule has 112 valence electrons. The number of nitro groups is 1. The first-order valence-corrected chi connectivity index (χ1v) is 7.05. The average molecular weight is 330 g/mol. The average Bonchev–Trinajstić information content (AvgIpc) is 3.21. The van der Waals surface area contributed by atoms with E-state index in [4.69, 9.17) is 27.9 Å². The molecule has 1 N–H and O–H groups in total. The van der Waals surface area contributed by atoms with E-state index in [9.17, 15) is 15.4 Å². The van der Waals surface area contributed by atoms with Gasteiger partial charge in [0.15, 0.2) is 5.75 Å². The van der Waals surface area contributed by atoms with E-state index in [1.807, 2.05) is 0 Å². The minimum Gasteiger partial charge on any atom is -0.487 e. The van der Waals surface area contributed by atoms with Gasteiger partial charge in [-0.15, -0.1) is 0 Å². The third-order valence-corrected chi connectivity index (χ3v) is 3.61. The normalized spacial score (nSPS) is 16.9. The topological polar surface area (TPSA) is 88.2 Å². The smallest absolute Gasteiger partial charge is 0.272 e. The summed E-state index contributed by atoms with van der Waals surface area (Å²) in [5, 5.41) is 23.2. The van der Waals surface area contributed by atoms with E-state index in [1.165, 1.54) is 12.1 Å². The predicted octanol–water partition coefficient (Wildman–Crippen LogP) is 3.31. The molecule has 8 heteroatoms. The van der Waals surface area contributed by atoms with Crippen molar-refractivity contribution < 1.29 is 9.66 Å². The summed E-state index contributed by atoms with van der Waals surface area (Å²) >= 11 is 11.9. The van der Waals surface area contributed by atoms with E-state index in [1.54, 1.807) is 6.92 Å². The van der Waals surface area contributed by atoms with Crippen molar-refractivity contribution in [2.75, 3.05) is 6.61 Å². The highest BCUT2D eigenvalue weighted by Crippen LogP contribution is 2.37. The highest BCUT2D eigenvalue weighted by atomic mass is 35.5. The second-order valence-corrected chi connectivity index (χ2v) is 5.96. The second-order valence-electron chi connectivity index (χ2n) is 5.15. The summed E-state index contributed by atoms with van der Waals surface area (Å²) in [7, 11) is 0. The number of nitrogens with zero attached hydrogens (tertiary/aromatic N) is 2. The van der Waals surface area contributed by atoms with Crippen molar-refractivity contribution in [3.05, 3.63) is 32.3 Å². The first kappa shape index (κ1) is 15.8. The lowest BCUT2D eigenvalue weighted by molar-refractivity contribution is -0.384. The van der Waals surface area contributed by atoms with Gasteiger partial charge in [-0.2, -0.15) is 5.26 Å². The Balaban J connectivity index is 2.12. The van der Waals surface area contributed by atoms with Crippen LogP contribution in [0.5, 0.6) is 5.75 Å². The van der Waals surface area contributed by atoms with Gasteiger partial charge < -0.3 is 4.74 Å². The SMILES string of the molecule is CC(C#N)(COc1c(Cl)cc([N+](=O)[O-])cc1Cl)NC1CC1. The molecule has 0 bridgehead atoms. The highest BCUT2D eigenvalue weighted by Gasteiger charge is 2.33. The van der Waals surface area contributed by atoms with Gasteiger partial charge in [0.1, 0.15) is 12.1 Å². The maximum Gasteiger partial charge on any atom is 0.272 e. The Morgan fingerprint density at radius 3 is 2.52 bits per heavy atom. The second kappa shape index (κ2) is 6.06. The molecular formula is C13H13Cl2N3O3. The van der Waals surface area contributed by atoms with Gasteiger partial charge in [-0.1, -0.05) is 23.2 Å². The largest absolute Gasteiger partial charge is 0.487 e. The van der Waals surface area contributed by atoms with Crippen LogP contribution in [0, 0.1) is 21.4 Å². The molecule has 1 atom stereocenters. The third-order valence-electron chi connectivity index (χ3n) is 3.05. The van der Waals surface area contributed by atoms with Crippen LogP contribution in [0.1, 0.15) is 19.8 Å². The number of ether oxygens (including phenoxy) is 1. The van der Waals surface area contributed by atoms with Gasteiger partial charge in [0.25, 0.3) is 5.69 Å². The fourth-order valence-electron chi connectivity index (χ4n) is 1.79. The summed E-state index contributed by atoms with van der Waals surface area (Å²) in [4.78, 5) is 10.1. The fourth-order valence-corrected chi connectivity index (χ4v) is 2.38. The number of hydrogen-bond donors (Lipinski definition) is 1. The van der Waals surface area contributed by atoms with Gasteiger partial charge in [0.05, 0.1) is 21.0 Å². The van der Waals surface area contributed by atoms with E-state index in [-0.39, 0.29) is 28.1 Å². The predicted molar refractivity (Wildman–Crippen MR) is 78.8 cm³/mol. The van der Waals surface area contributed by atoms with Crippen molar-refractivity contribution in [1.29, 1.82) is 5.26 Å². The molecule has 21 heavy (non-hydrogen) atoms. The van der Waals surface area contributed by atoms with Crippen molar-refractivity contribution in [2.45, 2.75) is 31.3 Å². The Kier molecular flexibility index (Phi) is 4.57. The monoisotopic (exact) mass is 329 g/mol. The minimum atomic E-state index is -0.865. The number of nitrogens with one attached hydrogen (secondary N) is 1. The van der Waals surface area contributed by atoms with Crippen LogP contribution in [0.15, 0.2) is 12.1 Å². The summed E-state index contributed by atoms with van der Waals surface area (Å²) in [5.74, 6) is 0.142. The standard InChI is InChI=1S/C13H13Cl2N3O3/c1-13(6-16,17-8-2-3-8)7-21-12-10(14)4-9(18(19)20)5-11(12)15/h4-5,8,17H,2-3,7H2,1H3. The number of benzene rings is 1. The molecular weight excluding hydrogens is 317 g/mol. The fraction of sp³-hybridized carbons (Fsp3) is 0.462. The molecule has 1 aliphatic carbocycles. The van der Waals surface area contributed by atoms with Crippen LogP contribution in [0.25, 0.3) is 0 Å². The number of non-ortho nitro benzene ring substituents is 1. The minimum absolute atomic E-state index is 0.0389. The van der Waals surface area contributed by atoms with Crippen LogP contribution in [0.4, 0.5) is 5.69 Å². The van der Waals surface area contributed by atoms with Gasteiger partial charge in [-0.3, -0.25) is 15.4 Å². The molecule has 2 rings (SSSR count). The third kappa shape index (κ3) is 3.97. The van der Waals surface area contributed by atoms with Gasteiger partial charge in [-0.05, 0) is 19.8 Å². The molecule has 0 radical (unpaired) electrons. The molecule has 1 aromatic rings. The van der Waals surface area contributed by atoms with Crippen molar-refractivity contribution in [3.63, 3.8) is 0 Å². The summed E-state index contributed by atoms with van der Waals surface area (Å²) in [5.41, 5.74) is -1.08. The lowest BCUT2D eigenvalue weighted by Crippen LogP contribution is -2.47. The van der Waals surface area contributed by atoms with Crippen LogP contribution >= 0.6 is 23.2 Å². The molecule has 0 heterocycles. The summed E-state index contributed by atoms with van der Waals surface area (Å²) < 4.78 is 5.52. The van der Waals surface area contributed by atoms with E-state index in [2.05, 4.69) is 11.4 Å². The molecule has 0 aliphatic heterocycles. The first-order chi connectivity index (χ1) is 9.84. The van der Waals surface area contributed by atoms with Gasteiger partial charge >= 0.3 is 0 Å². The van der Waals surface area contributed by atoms with Crippen LogP contribution in [-0.4, -0.2) is 23.1 Å². The number of halogens is 2. The lowest BCUT2D eigenvalue weighted by atomic mass is 10.1. The summed E-state index contributed by atoms with van der Waals surface area (Å²) in [6, 6.07) is 4.83. The Labute approximate surface area is 131 Å². The number of rotatable bonds is 6. The molecule has 0 amide bonds. The number of nitro benzene ring substituents is 1. The van der Waals surface area contributed by atoms with Crippen molar-refractivity contribution in [3.8, 4) is 11.8 Å². The van der Waals surface area contributed by atoms with Crippen molar-refractivity contribution in [1.82, 2.24) is 5.32 Å². The zero-order valence-corrected chi connectivity index (χ0v) is 12.7. The van der Waals surface area contributed by atoms with E-state index in [0.717, 1.165) is 12.8 Å². The van der Waals surface area contributed by atoms with Crippen molar-refractivity contribution >= 4 is 28.9 Å². The molecule has 1 fully saturated rings. The highest BCUT2D eigenvalue weighted by molar-refractivity contribution is 6.37. The van der Waals surface area contributed by atoms with Crippen LogP contribution in [0.3, 0.4) is 0 Å². The molecule has 0 saturated heterocycles. The molecule has 1 unspecified atom stereocenters. The molecule has 6 nitrogen and oxygen atoms in total. The quantitative estimate of drug-likeness (QED) is 0.638. The maximum absolute atomic E-state index is 10.7. The van der Waals surface area contributed by atoms with Crippen LogP contribution in [0.2, 0.25) is 10.0 Å². The van der Waals surface area contributed by atoms with Gasteiger partial charge in [0.2, 0.25) is 0 Å². The Morgan fingerprint density at radius 1 is 1.52 bits per heavy atom. The number of nitriles is 1. The number of hydrogen-bond acceptors (Lipinski definition) is 5. The zero-order valence-electron chi connectivity index (χ0n) is 11.2. The summed E-state index contributed by atoms with van der Waals surface area (Å²) in [6.07, 6.45) is 2.08. The maximum atomic E-state index is 10.7. The Bertz CT molecular complexity index is 590. The van der Waals surface area contributed by atoms with Crippen LogP contribution in [-0.2, 0) is 0 Å². The van der Waals surface area contributed by atoms with Crippen molar-refractivity contribution in [2.24, 2.45) is 0 Å². The Morgan fingerprint density at radius 2 is 2.10 bits per heavy atom. The zero-order chi connectivity index (χ0) is 15.6. The molecule has 1 saturated carbocycles. The van der Waals surface area contributed by atoms with Gasteiger partial charge in [-0.25, -0.2) is 0 Å². The van der Waals surface area contributed by atoms with E-state index >= 15 is 0 Å². The molecule has 1 aliphatic rings. The van der Waals surface area contributed by atoms with E-state index < -0.39 is 10.5 Å². The molecule has 0 spiro atoms. The van der Waals surface area contributed by atoms with Gasteiger partial charge in [0, 0.05) is 18.2 Å². The van der Waals surface area contributed by atoms with Crippen LogP contribution < -0.4 is 10.1 Å². The Hall–Kier alpha value is -1.55. The van der Waals surface area contributed by atoms with E-state index in [0.29, 0.717) is 6.04 Å². The molecule has 1 aromatic carbocycles. The first-order valence-electron chi connectivity index (χ1n) is 6.30. The summed E-state index contributed by atoms with van der Waals surface area (Å²) in [6.45, 7) is 1.76. The molecule has 0 aromatic heterocycles.